The minimum atomic E-state index is -1.69. The summed E-state index contributed by atoms with van der Waals surface area (Å²) in [6, 6.07) is 10.0. The fourth-order valence-corrected chi connectivity index (χ4v) is 4.31. The van der Waals surface area contributed by atoms with Crippen LogP contribution in [0.15, 0.2) is 52.3 Å². The molecule has 0 radical (unpaired) electrons. The molecule has 9 nitrogen and oxygen atoms in total. The average Bonchev–Trinajstić information content (AvgIpc) is 2.83. The van der Waals surface area contributed by atoms with Crippen LogP contribution < -0.4 is 14.2 Å². The summed E-state index contributed by atoms with van der Waals surface area (Å²) in [7, 11) is -1.69. The topological polar surface area (TPSA) is 125 Å². The number of nitrogens with zero attached hydrogens (tertiary/aromatic N) is 1. The Kier molecular flexibility index (Phi) is 8.06. The number of hydrogen-bond acceptors (Lipinski definition) is 8. The number of phenolic OH excluding ortho intramolecular Hbond substituents is 1. The lowest BCUT2D eigenvalue weighted by atomic mass is 10.1. The molecule has 180 valence electrons. The van der Waals surface area contributed by atoms with Crippen molar-refractivity contribution >= 4 is 33.2 Å². The minimum Gasteiger partial charge on any atom is -0.504 e. The first-order valence-electron chi connectivity index (χ1n) is 10.7. The van der Waals surface area contributed by atoms with Gasteiger partial charge in [-0.3, -0.25) is 14.9 Å². The lowest BCUT2D eigenvalue weighted by Crippen LogP contribution is -2.08. The molecule has 1 atom stereocenters. The number of carbonyl (C=O) groups excluding carboxylic acids is 1. The molecule has 0 aliphatic rings. The lowest BCUT2D eigenvalue weighted by molar-refractivity contribution is -0.384. The number of phenols is 1. The van der Waals surface area contributed by atoms with Crippen LogP contribution in [-0.2, 0) is 15.6 Å². The van der Waals surface area contributed by atoms with Crippen LogP contribution in [0.1, 0.15) is 33.6 Å². The number of rotatable bonds is 10. The Bertz CT molecular complexity index is 1240. The fraction of sp³-hybridized carbons (Fsp3) is 0.292. The summed E-state index contributed by atoms with van der Waals surface area (Å²) in [4.78, 5) is 22.9. The van der Waals surface area contributed by atoms with Gasteiger partial charge in [-0.15, -0.1) is 0 Å². The van der Waals surface area contributed by atoms with Crippen LogP contribution in [-0.4, -0.2) is 33.4 Å². The average molecular weight is 488 g/mol. The predicted molar refractivity (Wildman–Crippen MR) is 126 cm³/mol. The second-order valence-corrected chi connectivity index (χ2v) is 8.83. The zero-order valence-electron chi connectivity index (χ0n) is 19.0. The van der Waals surface area contributed by atoms with Gasteiger partial charge in [0.05, 0.1) is 28.9 Å². The van der Waals surface area contributed by atoms with Crippen molar-refractivity contribution in [3.8, 4) is 23.0 Å². The molecule has 3 aromatic carbocycles. The van der Waals surface area contributed by atoms with Crippen LogP contribution in [0.25, 0.3) is 10.8 Å². The molecule has 0 aliphatic heterocycles. The van der Waals surface area contributed by atoms with E-state index >= 15 is 0 Å². The Morgan fingerprint density at radius 1 is 0.941 bits per heavy atom. The van der Waals surface area contributed by atoms with Gasteiger partial charge in [0.2, 0.25) is 11.5 Å². The molecule has 0 fully saturated rings. The maximum Gasteiger partial charge on any atom is 0.308 e. The van der Waals surface area contributed by atoms with E-state index in [0.29, 0.717) is 34.6 Å². The number of nitro benzene ring substituents is 1. The Morgan fingerprint density at radius 2 is 1.53 bits per heavy atom. The molecule has 1 N–H and O–H groups in total. The van der Waals surface area contributed by atoms with Gasteiger partial charge in [-0.1, -0.05) is 13.8 Å². The van der Waals surface area contributed by atoms with Gasteiger partial charge in [-0.05, 0) is 43.2 Å². The number of esters is 1. The van der Waals surface area contributed by atoms with Crippen molar-refractivity contribution in [3.05, 3.63) is 52.6 Å². The SMILES string of the molecule is CCCOc1c(OCCC)c(OC(C)=O)c2ccc(S(=O)c3ccc([N+](=O)[O-])cc3)cc2c1O. The molecule has 0 saturated carbocycles. The summed E-state index contributed by atoms with van der Waals surface area (Å²) >= 11 is 0. The van der Waals surface area contributed by atoms with Crippen LogP contribution in [0.4, 0.5) is 5.69 Å². The number of benzene rings is 3. The van der Waals surface area contributed by atoms with Crippen molar-refractivity contribution < 1.29 is 33.2 Å². The van der Waals surface area contributed by atoms with Crippen molar-refractivity contribution in [1.29, 1.82) is 0 Å². The van der Waals surface area contributed by atoms with E-state index in [1.54, 1.807) is 12.1 Å². The summed E-state index contributed by atoms with van der Waals surface area (Å²) in [5.41, 5.74) is -0.111. The molecular weight excluding hydrogens is 462 g/mol. The number of aromatic hydroxyl groups is 1. The largest absolute Gasteiger partial charge is 0.504 e. The molecule has 0 bridgehead atoms. The quantitative estimate of drug-likeness (QED) is 0.181. The van der Waals surface area contributed by atoms with Gasteiger partial charge in [-0.25, -0.2) is 4.21 Å². The second kappa shape index (κ2) is 11.0. The Labute approximate surface area is 198 Å². The Hall–Kier alpha value is -3.66. The molecule has 0 saturated heterocycles. The summed E-state index contributed by atoms with van der Waals surface area (Å²) in [5, 5.41) is 22.6. The summed E-state index contributed by atoms with van der Waals surface area (Å²) in [6.07, 6.45) is 1.34. The van der Waals surface area contributed by atoms with Crippen molar-refractivity contribution in [2.24, 2.45) is 0 Å². The smallest absolute Gasteiger partial charge is 0.308 e. The Morgan fingerprint density at radius 3 is 2.09 bits per heavy atom. The molecule has 1 unspecified atom stereocenters. The monoisotopic (exact) mass is 487 g/mol. The molecule has 0 aromatic heterocycles. The summed E-state index contributed by atoms with van der Waals surface area (Å²) in [5.74, 6) is -0.536. The van der Waals surface area contributed by atoms with E-state index in [1.165, 1.54) is 37.3 Å². The van der Waals surface area contributed by atoms with Crippen LogP contribution in [0.5, 0.6) is 23.0 Å². The molecule has 0 amide bonds. The highest BCUT2D eigenvalue weighted by molar-refractivity contribution is 7.85. The van der Waals surface area contributed by atoms with Gasteiger partial charge < -0.3 is 19.3 Å². The van der Waals surface area contributed by atoms with Crippen LogP contribution in [0, 0.1) is 10.1 Å². The highest BCUT2D eigenvalue weighted by Crippen LogP contribution is 2.51. The van der Waals surface area contributed by atoms with E-state index in [0.717, 1.165) is 0 Å². The van der Waals surface area contributed by atoms with E-state index in [9.17, 15) is 24.2 Å². The van der Waals surface area contributed by atoms with E-state index in [1.807, 2.05) is 13.8 Å². The van der Waals surface area contributed by atoms with Crippen LogP contribution in [0.2, 0.25) is 0 Å². The van der Waals surface area contributed by atoms with Crippen LogP contribution >= 0.6 is 0 Å². The van der Waals surface area contributed by atoms with E-state index < -0.39 is 21.7 Å². The predicted octanol–water partition coefficient (Wildman–Crippen LogP) is 5.12. The first kappa shape index (κ1) is 25.0. The third kappa shape index (κ3) is 5.28. The summed E-state index contributed by atoms with van der Waals surface area (Å²) < 4.78 is 30.1. The second-order valence-electron chi connectivity index (χ2n) is 7.35. The Balaban J connectivity index is 2.18. The number of ether oxygens (including phenoxy) is 3. The van der Waals surface area contributed by atoms with E-state index in [4.69, 9.17) is 14.2 Å². The van der Waals surface area contributed by atoms with Gasteiger partial charge in [-0.2, -0.15) is 0 Å². The third-order valence-electron chi connectivity index (χ3n) is 4.74. The number of nitro groups is 1. The number of hydrogen-bond donors (Lipinski definition) is 1. The lowest BCUT2D eigenvalue weighted by Gasteiger charge is -2.19. The van der Waals surface area contributed by atoms with Crippen LogP contribution in [0.3, 0.4) is 0 Å². The first-order chi connectivity index (χ1) is 16.3. The molecular formula is C24H25NO8S. The first-order valence-corrected chi connectivity index (χ1v) is 11.9. The standard InChI is InChI=1S/C24H25NO8S/c1-4-12-31-23-21(27)20-14-18(34(30)17-8-6-16(7-9-17)25(28)29)10-11-19(20)22(33-15(3)26)24(23)32-13-5-2/h6-11,14,27H,4-5,12-13H2,1-3H3. The van der Waals surface area contributed by atoms with Gasteiger partial charge in [0.25, 0.3) is 5.69 Å². The minimum absolute atomic E-state index is 0.0392. The molecule has 34 heavy (non-hydrogen) atoms. The molecule has 10 heteroatoms. The van der Waals surface area contributed by atoms with Gasteiger partial charge in [0.1, 0.15) is 0 Å². The maximum absolute atomic E-state index is 13.1. The van der Waals surface area contributed by atoms with E-state index in [-0.39, 0.29) is 40.7 Å². The van der Waals surface area contributed by atoms with Crippen molar-refractivity contribution in [2.75, 3.05) is 13.2 Å². The normalized spacial score (nSPS) is 11.7. The highest BCUT2D eigenvalue weighted by Gasteiger charge is 2.25. The molecule has 3 aromatic rings. The zero-order chi connectivity index (χ0) is 24.8. The van der Waals surface area contributed by atoms with Gasteiger partial charge in [0, 0.05) is 39.6 Å². The third-order valence-corrected chi connectivity index (χ3v) is 6.12. The van der Waals surface area contributed by atoms with Gasteiger partial charge >= 0.3 is 5.97 Å². The molecule has 0 spiro atoms. The van der Waals surface area contributed by atoms with Gasteiger partial charge in [0.15, 0.2) is 11.5 Å². The molecule has 0 heterocycles. The highest BCUT2D eigenvalue weighted by atomic mass is 32.2. The number of fused-ring (bicyclic) bond motifs is 1. The number of carbonyl (C=O) groups is 1. The van der Waals surface area contributed by atoms with Crippen molar-refractivity contribution in [1.82, 2.24) is 0 Å². The van der Waals surface area contributed by atoms with Crippen molar-refractivity contribution in [2.45, 2.75) is 43.4 Å². The molecule has 0 aliphatic carbocycles. The fourth-order valence-electron chi connectivity index (χ4n) is 3.23. The molecule has 3 rings (SSSR count). The summed E-state index contributed by atoms with van der Waals surface area (Å²) in [6.45, 7) is 5.67. The maximum atomic E-state index is 13.1. The van der Waals surface area contributed by atoms with Crippen molar-refractivity contribution in [3.63, 3.8) is 0 Å². The zero-order valence-corrected chi connectivity index (χ0v) is 19.8. The number of non-ortho nitro benzene ring substituents is 1. The van der Waals surface area contributed by atoms with E-state index in [2.05, 4.69) is 0 Å².